The lowest BCUT2D eigenvalue weighted by molar-refractivity contribution is -0.167. The van der Waals surface area contributed by atoms with Gasteiger partial charge in [-0.2, -0.15) is 0 Å². The van der Waals surface area contributed by atoms with E-state index in [2.05, 4.69) is 130 Å². The molecule has 0 aromatic heterocycles. The molecule has 0 aliphatic heterocycles. The molecule has 1 unspecified atom stereocenters. The first kappa shape index (κ1) is 68.1. The maximum Gasteiger partial charge on any atom is 0.306 e. The fourth-order valence-corrected chi connectivity index (χ4v) is 8.00. The van der Waals surface area contributed by atoms with Crippen LogP contribution in [-0.2, 0) is 28.6 Å². The zero-order valence-electron chi connectivity index (χ0n) is 46.9. The number of esters is 3. The van der Waals surface area contributed by atoms with Crippen molar-refractivity contribution >= 4 is 17.9 Å². The van der Waals surface area contributed by atoms with Crippen LogP contribution in [0, 0.1) is 0 Å². The Kier molecular flexibility index (Phi) is 56.4. The van der Waals surface area contributed by atoms with Crippen LogP contribution in [0.2, 0.25) is 0 Å². The van der Waals surface area contributed by atoms with Crippen LogP contribution >= 0.6 is 0 Å². The summed E-state index contributed by atoms with van der Waals surface area (Å²) in [5.74, 6) is -0.948. The van der Waals surface area contributed by atoms with Gasteiger partial charge >= 0.3 is 17.9 Å². The van der Waals surface area contributed by atoms with E-state index in [1.807, 2.05) is 0 Å². The highest BCUT2D eigenvalue weighted by atomic mass is 16.6. The molecule has 0 fully saturated rings. The highest BCUT2D eigenvalue weighted by Crippen LogP contribution is 2.14. The topological polar surface area (TPSA) is 78.9 Å². The predicted octanol–water partition coefficient (Wildman–Crippen LogP) is 20.3. The molecular weight excluding hydrogens is 889 g/mol. The average molecular weight is 1000 g/mol. The second kappa shape index (κ2) is 59.6. The van der Waals surface area contributed by atoms with Crippen molar-refractivity contribution in [2.45, 2.75) is 277 Å². The van der Waals surface area contributed by atoms with Crippen LogP contribution in [-0.4, -0.2) is 37.2 Å². The fourth-order valence-electron chi connectivity index (χ4n) is 8.00. The third-order valence-electron chi connectivity index (χ3n) is 12.5. The Morgan fingerprint density at radius 2 is 0.542 bits per heavy atom. The van der Waals surface area contributed by atoms with E-state index in [4.69, 9.17) is 14.2 Å². The Balaban J connectivity index is 4.48. The molecule has 0 rings (SSSR count). The molecule has 410 valence electrons. The number of carbonyl (C=O) groups excluding carboxylic acids is 3. The molecule has 0 radical (unpaired) electrons. The van der Waals surface area contributed by atoms with Gasteiger partial charge in [0.25, 0.3) is 0 Å². The second-order valence-electron chi connectivity index (χ2n) is 19.5. The summed E-state index contributed by atoms with van der Waals surface area (Å²) in [6.45, 7) is 6.46. The first-order valence-corrected chi connectivity index (χ1v) is 29.9. The minimum Gasteiger partial charge on any atom is -0.462 e. The van der Waals surface area contributed by atoms with E-state index < -0.39 is 6.10 Å². The summed E-state index contributed by atoms with van der Waals surface area (Å²) in [5, 5.41) is 0. The summed E-state index contributed by atoms with van der Waals surface area (Å²) >= 11 is 0. The minimum absolute atomic E-state index is 0.101. The van der Waals surface area contributed by atoms with Crippen LogP contribution in [0.1, 0.15) is 271 Å². The van der Waals surface area contributed by atoms with Gasteiger partial charge in [-0.3, -0.25) is 14.4 Å². The van der Waals surface area contributed by atoms with Crippen molar-refractivity contribution in [1.29, 1.82) is 0 Å². The monoisotopic (exact) mass is 999 g/mol. The van der Waals surface area contributed by atoms with E-state index in [-0.39, 0.29) is 31.1 Å². The maximum atomic E-state index is 12.9. The Bertz CT molecular complexity index is 1470. The number of ether oxygens (including phenoxy) is 3. The van der Waals surface area contributed by atoms with Crippen LogP contribution in [0.5, 0.6) is 0 Å². The lowest BCUT2D eigenvalue weighted by Crippen LogP contribution is -2.30. The quantitative estimate of drug-likeness (QED) is 0.0261. The highest BCUT2D eigenvalue weighted by molar-refractivity contribution is 5.71. The van der Waals surface area contributed by atoms with Gasteiger partial charge in [-0.25, -0.2) is 0 Å². The summed E-state index contributed by atoms with van der Waals surface area (Å²) in [6, 6.07) is 0. The number of allylic oxidation sites excluding steroid dienone is 18. The molecule has 1 atom stereocenters. The van der Waals surface area contributed by atoms with Crippen molar-refractivity contribution in [2.24, 2.45) is 0 Å². The Morgan fingerprint density at radius 1 is 0.292 bits per heavy atom. The van der Waals surface area contributed by atoms with Crippen molar-refractivity contribution in [1.82, 2.24) is 0 Å². The normalized spacial score (nSPS) is 12.9. The molecule has 0 aliphatic rings. The van der Waals surface area contributed by atoms with Crippen LogP contribution < -0.4 is 0 Å². The molecule has 0 aliphatic carbocycles. The lowest BCUT2D eigenvalue weighted by atomic mass is 10.1. The molecule has 0 aromatic rings. The highest BCUT2D eigenvalue weighted by Gasteiger charge is 2.19. The average Bonchev–Trinajstić information content (AvgIpc) is 3.38. The van der Waals surface area contributed by atoms with Gasteiger partial charge in [0.2, 0.25) is 0 Å². The molecule has 0 heterocycles. The summed E-state index contributed by atoms with van der Waals surface area (Å²) in [7, 11) is 0. The van der Waals surface area contributed by atoms with Gasteiger partial charge < -0.3 is 14.2 Å². The number of carbonyl (C=O) groups is 3. The minimum atomic E-state index is -0.806. The smallest absolute Gasteiger partial charge is 0.306 e. The number of rotatable bonds is 53. The van der Waals surface area contributed by atoms with Gasteiger partial charge in [-0.1, -0.05) is 233 Å². The molecule has 0 N–H and O–H groups in total. The first-order chi connectivity index (χ1) is 35.5. The van der Waals surface area contributed by atoms with E-state index >= 15 is 0 Å². The molecule has 0 spiro atoms. The van der Waals surface area contributed by atoms with E-state index in [1.165, 1.54) is 83.5 Å². The standard InChI is InChI=1S/C66H110O6/c1-4-7-10-13-16-19-22-25-28-31-32-33-34-36-38-41-44-47-50-53-56-59-65(68)71-62-63(61-70-64(67)58-55-52-49-46-43-40-37-30-27-24-21-18-15-12-9-6-3)72-66(69)60-57-54-51-48-45-42-39-35-29-26-23-20-17-14-11-8-5-2/h8,11,17,20-22,24-26,29-32,34,36-37,39,42,63H,4-7,9-10,12-16,18-19,23,27-28,33,35,38,40-41,43-62H2,1-3H3/b11-8-,20-17-,24-21-,25-22-,29-26-,32-31-,36-34-,37-30-,42-39-. The van der Waals surface area contributed by atoms with Gasteiger partial charge in [-0.15, -0.1) is 0 Å². The molecule has 6 heteroatoms. The van der Waals surface area contributed by atoms with Crippen LogP contribution in [0.25, 0.3) is 0 Å². The molecule has 6 nitrogen and oxygen atoms in total. The molecule has 0 amide bonds. The summed E-state index contributed by atoms with van der Waals surface area (Å²) in [4.78, 5) is 38.2. The van der Waals surface area contributed by atoms with E-state index in [9.17, 15) is 14.4 Å². The Labute approximate surface area is 444 Å². The van der Waals surface area contributed by atoms with Crippen LogP contribution in [0.15, 0.2) is 109 Å². The lowest BCUT2D eigenvalue weighted by Gasteiger charge is -2.18. The third kappa shape index (κ3) is 57.0. The van der Waals surface area contributed by atoms with E-state index in [0.29, 0.717) is 19.3 Å². The van der Waals surface area contributed by atoms with Crippen LogP contribution in [0.3, 0.4) is 0 Å². The molecule has 0 bridgehead atoms. The number of hydrogen-bond donors (Lipinski definition) is 0. The summed E-state index contributed by atoms with van der Waals surface area (Å²) < 4.78 is 16.9. The van der Waals surface area contributed by atoms with E-state index in [0.717, 1.165) is 148 Å². The number of unbranched alkanes of at least 4 members (excludes halogenated alkanes) is 24. The third-order valence-corrected chi connectivity index (χ3v) is 12.5. The van der Waals surface area contributed by atoms with Crippen molar-refractivity contribution in [3.05, 3.63) is 109 Å². The second-order valence-corrected chi connectivity index (χ2v) is 19.5. The molecule has 0 saturated heterocycles. The Hall–Kier alpha value is -3.93. The van der Waals surface area contributed by atoms with Crippen molar-refractivity contribution < 1.29 is 28.6 Å². The molecule has 0 saturated carbocycles. The molecular formula is C66H110O6. The first-order valence-electron chi connectivity index (χ1n) is 29.9. The zero-order chi connectivity index (χ0) is 52.2. The van der Waals surface area contributed by atoms with Gasteiger partial charge in [0.15, 0.2) is 6.10 Å². The number of hydrogen-bond acceptors (Lipinski definition) is 6. The summed E-state index contributed by atoms with van der Waals surface area (Å²) in [5.41, 5.74) is 0. The van der Waals surface area contributed by atoms with Gasteiger partial charge in [0, 0.05) is 19.3 Å². The largest absolute Gasteiger partial charge is 0.462 e. The van der Waals surface area contributed by atoms with Gasteiger partial charge in [0.1, 0.15) is 13.2 Å². The Morgan fingerprint density at radius 3 is 0.861 bits per heavy atom. The van der Waals surface area contributed by atoms with Gasteiger partial charge in [0.05, 0.1) is 0 Å². The fraction of sp³-hybridized carbons (Fsp3) is 0.682. The van der Waals surface area contributed by atoms with Gasteiger partial charge in [-0.05, 0) is 128 Å². The molecule has 72 heavy (non-hydrogen) atoms. The summed E-state index contributed by atoms with van der Waals surface area (Å²) in [6.07, 6.45) is 80.7. The maximum absolute atomic E-state index is 12.9. The van der Waals surface area contributed by atoms with Crippen molar-refractivity contribution in [2.75, 3.05) is 13.2 Å². The SMILES string of the molecule is CC/C=C\C/C=C\C/C=C\C/C=C\CCCCCCC(=O)OC(COC(=O)CCCCCCC/C=C\C/C=C\CCCCCC)COC(=O)CCCCCCCC/C=C\C/C=C\C/C=C\CCCCCCC. The van der Waals surface area contributed by atoms with Crippen LogP contribution in [0.4, 0.5) is 0 Å². The predicted molar refractivity (Wildman–Crippen MR) is 311 cm³/mol. The zero-order valence-corrected chi connectivity index (χ0v) is 46.9. The van der Waals surface area contributed by atoms with Crippen molar-refractivity contribution in [3.8, 4) is 0 Å². The van der Waals surface area contributed by atoms with Crippen molar-refractivity contribution in [3.63, 3.8) is 0 Å². The molecule has 0 aromatic carbocycles. The van der Waals surface area contributed by atoms with E-state index in [1.54, 1.807) is 0 Å².